The van der Waals surface area contributed by atoms with Crippen molar-refractivity contribution in [3.63, 3.8) is 0 Å². The highest BCUT2D eigenvalue weighted by atomic mass is 16.5. The Morgan fingerprint density at radius 2 is 1.95 bits per heavy atom. The van der Waals surface area contributed by atoms with Crippen molar-refractivity contribution in [3.05, 3.63) is 11.3 Å². The molecule has 21 heavy (non-hydrogen) atoms. The van der Waals surface area contributed by atoms with Gasteiger partial charge in [-0.1, -0.05) is 6.42 Å². The minimum atomic E-state index is 0.0694. The zero-order valence-electron chi connectivity index (χ0n) is 14.3. The first-order chi connectivity index (χ1) is 9.77. The highest BCUT2D eigenvalue weighted by molar-refractivity contribution is 5.36. The molecule has 2 N–H and O–H groups in total. The maximum Gasteiger partial charge on any atom is 0.216 e. The highest BCUT2D eigenvalue weighted by Crippen LogP contribution is 2.40. The van der Waals surface area contributed by atoms with E-state index in [4.69, 9.17) is 10.5 Å². The lowest BCUT2D eigenvalue weighted by atomic mass is 9.92. The Hall–Kier alpha value is -1.07. The summed E-state index contributed by atoms with van der Waals surface area (Å²) in [5.74, 6) is 0.837. The smallest absolute Gasteiger partial charge is 0.216 e. The molecule has 120 valence electrons. The quantitative estimate of drug-likeness (QED) is 0.910. The average molecular weight is 294 g/mol. The second kappa shape index (κ2) is 5.97. The van der Waals surface area contributed by atoms with Gasteiger partial charge in [-0.2, -0.15) is 5.10 Å². The molecule has 2 heterocycles. The summed E-state index contributed by atoms with van der Waals surface area (Å²) in [7, 11) is 3.64. The number of ether oxygens (including phenoxy) is 1. The summed E-state index contributed by atoms with van der Waals surface area (Å²) in [6.07, 6.45) is 3.43. The minimum absolute atomic E-state index is 0.0694. The van der Waals surface area contributed by atoms with Crippen molar-refractivity contribution in [3.8, 4) is 5.88 Å². The van der Waals surface area contributed by atoms with Crippen LogP contribution in [0.1, 0.15) is 57.3 Å². The lowest BCUT2D eigenvalue weighted by molar-refractivity contribution is 0.0736. The highest BCUT2D eigenvalue weighted by Gasteiger charge is 2.38. The van der Waals surface area contributed by atoms with Crippen LogP contribution in [0.3, 0.4) is 0 Å². The first-order valence-electron chi connectivity index (χ1n) is 7.87. The third-order valence-corrected chi connectivity index (χ3v) is 4.49. The van der Waals surface area contributed by atoms with Crippen LogP contribution in [0, 0.1) is 6.92 Å². The van der Waals surface area contributed by atoms with Gasteiger partial charge in [-0.05, 0) is 47.1 Å². The number of likely N-dealkylation sites (tertiary alicyclic amines) is 1. The molecule has 0 spiro atoms. The molecule has 1 aliphatic rings. The number of aromatic nitrogens is 2. The van der Waals surface area contributed by atoms with Crippen molar-refractivity contribution in [1.29, 1.82) is 0 Å². The fraction of sp³-hybridized carbons (Fsp3) is 0.812. The molecule has 0 saturated carbocycles. The molecule has 5 heteroatoms. The van der Waals surface area contributed by atoms with Crippen molar-refractivity contribution in [1.82, 2.24) is 14.7 Å². The van der Waals surface area contributed by atoms with Gasteiger partial charge < -0.3 is 10.5 Å². The van der Waals surface area contributed by atoms with Crippen LogP contribution in [0.5, 0.6) is 5.88 Å². The van der Waals surface area contributed by atoms with Crippen molar-refractivity contribution in [2.24, 2.45) is 12.8 Å². The molecule has 0 aromatic carbocycles. The SMILES string of the molecule is COc1c(C2C(N)CCCCN2C(C)(C)C)c(C)nn1C. The van der Waals surface area contributed by atoms with E-state index in [0.717, 1.165) is 30.1 Å². The molecule has 0 aliphatic carbocycles. The lowest BCUT2D eigenvalue weighted by Gasteiger charge is -2.42. The molecule has 1 aromatic heterocycles. The van der Waals surface area contributed by atoms with Gasteiger partial charge in [-0.15, -0.1) is 0 Å². The van der Waals surface area contributed by atoms with E-state index in [-0.39, 0.29) is 17.6 Å². The number of nitrogens with two attached hydrogens (primary N) is 1. The van der Waals surface area contributed by atoms with E-state index in [0.29, 0.717) is 0 Å². The number of aryl methyl sites for hydroxylation is 2. The van der Waals surface area contributed by atoms with Crippen molar-refractivity contribution < 1.29 is 4.74 Å². The van der Waals surface area contributed by atoms with Crippen molar-refractivity contribution in [2.75, 3.05) is 13.7 Å². The average Bonchev–Trinajstić information content (AvgIpc) is 2.54. The summed E-state index contributed by atoms with van der Waals surface area (Å²) in [5, 5.41) is 4.55. The second-order valence-corrected chi connectivity index (χ2v) is 7.10. The van der Waals surface area contributed by atoms with Crippen LogP contribution in [0.15, 0.2) is 0 Å². The van der Waals surface area contributed by atoms with Crippen LogP contribution >= 0.6 is 0 Å². The van der Waals surface area contributed by atoms with Gasteiger partial charge in [0, 0.05) is 18.6 Å². The molecule has 0 bridgehead atoms. The Morgan fingerprint density at radius 3 is 2.52 bits per heavy atom. The summed E-state index contributed by atoms with van der Waals surface area (Å²) in [5.41, 5.74) is 8.81. The number of methoxy groups -OCH3 is 1. The van der Waals surface area contributed by atoms with E-state index in [1.807, 2.05) is 11.7 Å². The van der Waals surface area contributed by atoms with Crippen LogP contribution in [0.4, 0.5) is 0 Å². The normalized spacial score (nSPS) is 24.9. The third kappa shape index (κ3) is 3.09. The molecule has 0 radical (unpaired) electrons. The number of rotatable bonds is 2. The Balaban J connectivity index is 2.54. The molecule has 1 saturated heterocycles. The van der Waals surface area contributed by atoms with E-state index in [1.165, 1.54) is 12.8 Å². The van der Waals surface area contributed by atoms with Crippen LogP contribution in [0.2, 0.25) is 0 Å². The summed E-state index contributed by atoms with van der Waals surface area (Å²) in [4.78, 5) is 2.52. The first kappa shape index (κ1) is 16.3. The summed E-state index contributed by atoms with van der Waals surface area (Å²) >= 11 is 0. The van der Waals surface area contributed by atoms with E-state index in [2.05, 4.69) is 37.7 Å². The predicted molar refractivity (Wildman–Crippen MR) is 85.5 cm³/mol. The lowest BCUT2D eigenvalue weighted by Crippen LogP contribution is -2.49. The molecule has 0 amide bonds. The van der Waals surface area contributed by atoms with Gasteiger partial charge in [0.25, 0.3) is 0 Å². The standard InChI is InChI=1S/C16H30N4O/c1-11-13(15(21-6)19(5)18-11)14-12(17)9-7-8-10-20(14)16(2,3)4/h12,14H,7-10,17H2,1-6H3. The molecular formula is C16H30N4O. The van der Waals surface area contributed by atoms with E-state index < -0.39 is 0 Å². The molecular weight excluding hydrogens is 264 g/mol. The van der Waals surface area contributed by atoms with Crippen LogP contribution in [-0.4, -0.2) is 39.9 Å². The predicted octanol–water partition coefficient (Wildman–Crippen LogP) is 2.39. The van der Waals surface area contributed by atoms with Gasteiger partial charge >= 0.3 is 0 Å². The van der Waals surface area contributed by atoms with Crippen LogP contribution < -0.4 is 10.5 Å². The van der Waals surface area contributed by atoms with Crippen molar-refractivity contribution >= 4 is 0 Å². The van der Waals surface area contributed by atoms with Gasteiger partial charge in [0.15, 0.2) is 0 Å². The Morgan fingerprint density at radius 1 is 1.29 bits per heavy atom. The Labute approximate surface area is 128 Å². The van der Waals surface area contributed by atoms with Crippen molar-refractivity contribution in [2.45, 2.75) is 64.6 Å². The molecule has 2 rings (SSSR count). The summed E-state index contributed by atoms with van der Waals surface area (Å²) < 4.78 is 7.44. The van der Waals surface area contributed by atoms with Gasteiger partial charge in [0.2, 0.25) is 5.88 Å². The Kier molecular flexibility index (Phi) is 4.63. The zero-order chi connectivity index (χ0) is 15.8. The molecule has 1 fully saturated rings. The van der Waals surface area contributed by atoms with E-state index in [9.17, 15) is 0 Å². The monoisotopic (exact) mass is 294 g/mol. The topological polar surface area (TPSA) is 56.3 Å². The van der Waals surface area contributed by atoms with E-state index in [1.54, 1.807) is 7.11 Å². The summed E-state index contributed by atoms with van der Waals surface area (Å²) in [6.45, 7) is 9.90. The van der Waals surface area contributed by atoms with E-state index >= 15 is 0 Å². The Bertz CT molecular complexity index is 489. The molecule has 5 nitrogen and oxygen atoms in total. The molecule has 2 atom stereocenters. The fourth-order valence-corrected chi connectivity index (χ4v) is 3.55. The largest absolute Gasteiger partial charge is 0.481 e. The number of hydrogen-bond acceptors (Lipinski definition) is 4. The molecule has 2 unspecified atom stereocenters. The zero-order valence-corrected chi connectivity index (χ0v) is 14.3. The van der Waals surface area contributed by atoms with Gasteiger partial charge in [-0.3, -0.25) is 4.90 Å². The van der Waals surface area contributed by atoms with Crippen LogP contribution in [-0.2, 0) is 7.05 Å². The first-order valence-corrected chi connectivity index (χ1v) is 7.87. The number of hydrogen-bond donors (Lipinski definition) is 1. The minimum Gasteiger partial charge on any atom is -0.481 e. The van der Waals surface area contributed by atoms with Crippen LogP contribution in [0.25, 0.3) is 0 Å². The maximum absolute atomic E-state index is 6.57. The number of nitrogens with zero attached hydrogens (tertiary/aromatic N) is 3. The van der Waals surface area contributed by atoms with Gasteiger partial charge in [0.05, 0.1) is 24.4 Å². The molecule has 1 aliphatic heterocycles. The summed E-state index contributed by atoms with van der Waals surface area (Å²) in [6, 6.07) is 0.277. The van der Waals surface area contributed by atoms with Gasteiger partial charge in [-0.25, -0.2) is 4.68 Å². The third-order valence-electron chi connectivity index (χ3n) is 4.49. The maximum atomic E-state index is 6.57. The van der Waals surface area contributed by atoms with Gasteiger partial charge in [0.1, 0.15) is 0 Å². The second-order valence-electron chi connectivity index (χ2n) is 7.10. The molecule has 1 aromatic rings. The fourth-order valence-electron chi connectivity index (χ4n) is 3.55.